The molecule has 0 unspecified atom stereocenters. The quantitative estimate of drug-likeness (QED) is 0.158. The number of rotatable bonds is 0. The van der Waals surface area contributed by atoms with Crippen LogP contribution in [0.3, 0.4) is 0 Å². The second kappa shape index (κ2) is 5.15. The van der Waals surface area contributed by atoms with Gasteiger partial charge in [-0.05, 0) is 12.1 Å². The summed E-state index contributed by atoms with van der Waals surface area (Å²) in [5.74, 6) is 8.00. The third kappa shape index (κ3) is 2.82. The van der Waals surface area contributed by atoms with E-state index in [9.17, 15) is 0 Å². The van der Waals surface area contributed by atoms with Gasteiger partial charge >= 0.3 is 0 Å². The lowest BCUT2D eigenvalue weighted by Gasteiger charge is -2.02. The normalized spacial score (nSPS) is 8.67. The first-order valence-electron chi connectivity index (χ1n) is 3.01. The van der Waals surface area contributed by atoms with Gasteiger partial charge in [-0.15, -0.1) is 25.3 Å². The molecular weight excluding hydrogens is 192 g/mol. The zero-order chi connectivity index (χ0) is 9.72. The largest absolute Gasteiger partial charge is 0.398 e. The Morgan fingerprint density at radius 1 is 0.833 bits per heavy atom. The average Bonchev–Trinajstić information content (AvgIpc) is 2.05. The lowest BCUT2D eigenvalue weighted by atomic mass is 10.3. The van der Waals surface area contributed by atoms with Crippen molar-refractivity contribution in [3.63, 3.8) is 0 Å². The highest BCUT2D eigenvalue weighted by Crippen LogP contribution is 2.25. The van der Waals surface area contributed by atoms with Crippen LogP contribution in [-0.2, 0) is 0 Å². The molecule has 0 aliphatic heterocycles. The van der Waals surface area contributed by atoms with Gasteiger partial charge in [0.1, 0.15) is 0 Å². The van der Waals surface area contributed by atoms with Gasteiger partial charge in [-0.2, -0.15) is 0 Å². The van der Waals surface area contributed by atoms with Crippen molar-refractivity contribution < 1.29 is 0 Å². The molecule has 0 aliphatic rings. The molecule has 6 heteroatoms. The predicted octanol–water partition coefficient (Wildman–Crippen LogP) is 0.247. The van der Waals surface area contributed by atoms with Crippen LogP contribution in [-0.4, -0.2) is 0 Å². The van der Waals surface area contributed by atoms with Crippen LogP contribution in [0, 0.1) is 0 Å². The van der Waals surface area contributed by atoms with Crippen LogP contribution in [0.5, 0.6) is 0 Å². The van der Waals surface area contributed by atoms with E-state index >= 15 is 0 Å². The summed E-state index contributed by atoms with van der Waals surface area (Å²) < 4.78 is 0. The maximum atomic E-state index is 5.50. The minimum absolute atomic E-state index is 0.582. The summed E-state index contributed by atoms with van der Waals surface area (Å²) in [4.78, 5) is 1.42. The number of anilines is 2. The van der Waals surface area contributed by atoms with Crippen molar-refractivity contribution >= 4 is 36.6 Å². The summed E-state index contributed by atoms with van der Waals surface area (Å²) in [5, 5.41) is 0. The third-order valence-corrected chi connectivity index (χ3v) is 1.95. The lowest BCUT2D eigenvalue weighted by molar-refractivity contribution is 1.26. The number of thiol groups is 2. The van der Waals surface area contributed by atoms with E-state index in [2.05, 4.69) is 36.9 Å². The molecule has 0 saturated carbocycles. The van der Waals surface area contributed by atoms with Crippen molar-refractivity contribution in [2.45, 2.75) is 9.79 Å². The molecule has 1 aromatic rings. The van der Waals surface area contributed by atoms with Crippen LogP contribution in [0.15, 0.2) is 21.9 Å². The molecule has 68 valence electrons. The minimum Gasteiger partial charge on any atom is -0.398 e. The van der Waals surface area contributed by atoms with Crippen LogP contribution in [0.25, 0.3) is 0 Å². The van der Waals surface area contributed by atoms with Gasteiger partial charge in [0.2, 0.25) is 0 Å². The topological polar surface area (TPSA) is 104 Å². The van der Waals surface area contributed by atoms with E-state index in [0.29, 0.717) is 21.2 Å². The second-order valence-corrected chi connectivity index (χ2v) is 2.93. The van der Waals surface area contributed by atoms with Crippen LogP contribution < -0.4 is 23.2 Å². The zero-order valence-corrected chi connectivity index (χ0v) is 8.15. The van der Waals surface area contributed by atoms with Crippen LogP contribution in [0.1, 0.15) is 0 Å². The fourth-order valence-electron chi connectivity index (χ4n) is 0.612. The highest BCUT2D eigenvalue weighted by Gasteiger charge is 1.98. The Morgan fingerprint density at radius 2 is 1.17 bits per heavy atom. The van der Waals surface area contributed by atoms with Gasteiger partial charge in [-0.3, -0.25) is 11.7 Å². The number of benzene rings is 1. The highest BCUT2D eigenvalue weighted by atomic mass is 32.1. The molecule has 4 nitrogen and oxygen atoms in total. The van der Waals surface area contributed by atoms with Crippen LogP contribution in [0.2, 0.25) is 0 Å². The predicted molar refractivity (Wildman–Crippen MR) is 58.1 cm³/mol. The van der Waals surface area contributed by atoms with Crippen molar-refractivity contribution in [3.05, 3.63) is 12.1 Å². The molecule has 0 aliphatic carbocycles. The lowest BCUT2D eigenvalue weighted by Crippen LogP contribution is -2.02. The first-order chi connectivity index (χ1) is 5.61. The molecular formula is C6H12N4S2. The maximum Gasteiger partial charge on any atom is 0.0471 e. The Bertz CT molecular complexity index is 214. The van der Waals surface area contributed by atoms with Crippen molar-refractivity contribution in [2.24, 2.45) is 11.7 Å². The SMILES string of the molecule is NN.Nc1cc(N)c(S)cc1S. The molecule has 8 N–H and O–H groups in total. The average molecular weight is 204 g/mol. The summed E-state index contributed by atoms with van der Waals surface area (Å²) in [6.07, 6.45) is 0. The molecule has 0 heterocycles. The summed E-state index contributed by atoms with van der Waals surface area (Å²) in [6, 6.07) is 3.36. The monoisotopic (exact) mass is 204 g/mol. The molecule has 0 fully saturated rings. The van der Waals surface area contributed by atoms with E-state index in [0.717, 1.165) is 0 Å². The first kappa shape index (κ1) is 11.4. The van der Waals surface area contributed by atoms with Gasteiger partial charge in [0.15, 0.2) is 0 Å². The molecule has 0 atom stereocenters. The highest BCUT2D eigenvalue weighted by molar-refractivity contribution is 7.81. The molecule has 0 spiro atoms. The molecule has 0 aromatic heterocycles. The first-order valence-corrected chi connectivity index (χ1v) is 3.91. The van der Waals surface area contributed by atoms with Gasteiger partial charge in [0.05, 0.1) is 0 Å². The molecule has 0 saturated heterocycles. The van der Waals surface area contributed by atoms with Crippen molar-refractivity contribution in [1.29, 1.82) is 0 Å². The zero-order valence-electron chi connectivity index (χ0n) is 6.36. The number of hydrazine groups is 1. The molecule has 1 aromatic carbocycles. The van der Waals surface area contributed by atoms with Gasteiger partial charge in [0.25, 0.3) is 0 Å². The van der Waals surface area contributed by atoms with E-state index < -0.39 is 0 Å². The van der Waals surface area contributed by atoms with E-state index in [4.69, 9.17) is 11.5 Å². The molecule has 12 heavy (non-hydrogen) atoms. The Morgan fingerprint density at radius 3 is 1.42 bits per heavy atom. The van der Waals surface area contributed by atoms with Gasteiger partial charge in [0, 0.05) is 21.2 Å². The van der Waals surface area contributed by atoms with E-state index in [1.165, 1.54) is 0 Å². The molecule has 0 radical (unpaired) electrons. The van der Waals surface area contributed by atoms with Gasteiger partial charge in [-0.1, -0.05) is 0 Å². The summed E-state index contributed by atoms with van der Waals surface area (Å²) in [6.45, 7) is 0. The Balaban J connectivity index is 0.000000561. The Hall–Kier alpha value is -0.560. The number of nitrogen functional groups attached to an aromatic ring is 2. The van der Waals surface area contributed by atoms with Crippen molar-refractivity contribution in [1.82, 2.24) is 0 Å². The number of hydrogen-bond donors (Lipinski definition) is 6. The Kier molecular flexibility index (Phi) is 4.91. The Labute approximate surface area is 82.1 Å². The fraction of sp³-hybridized carbons (Fsp3) is 0. The smallest absolute Gasteiger partial charge is 0.0471 e. The summed E-state index contributed by atoms with van der Waals surface area (Å²) >= 11 is 8.17. The molecule has 0 amide bonds. The molecule has 0 bridgehead atoms. The van der Waals surface area contributed by atoms with Crippen LogP contribution >= 0.6 is 25.3 Å². The maximum absolute atomic E-state index is 5.50. The summed E-state index contributed by atoms with van der Waals surface area (Å²) in [5.41, 5.74) is 12.2. The van der Waals surface area contributed by atoms with E-state index in [1.54, 1.807) is 12.1 Å². The van der Waals surface area contributed by atoms with Crippen LogP contribution in [0.4, 0.5) is 11.4 Å². The minimum atomic E-state index is 0.582. The van der Waals surface area contributed by atoms with Crippen molar-refractivity contribution in [3.8, 4) is 0 Å². The van der Waals surface area contributed by atoms with Gasteiger partial charge < -0.3 is 11.5 Å². The van der Waals surface area contributed by atoms with Gasteiger partial charge in [-0.25, -0.2) is 0 Å². The standard InChI is InChI=1S/C6H8N2S2.H4N2/c7-3-1-4(8)6(10)2-5(3)9;1-2/h1-2,9-10H,7-8H2;1-2H2. The summed E-state index contributed by atoms with van der Waals surface area (Å²) in [7, 11) is 0. The number of hydrogen-bond acceptors (Lipinski definition) is 6. The van der Waals surface area contributed by atoms with Crippen molar-refractivity contribution in [2.75, 3.05) is 11.5 Å². The second-order valence-electron chi connectivity index (χ2n) is 1.97. The molecule has 1 rings (SSSR count). The fourth-order valence-corrected chi connectivity index (χ4v) is 1.10. The number of nitrogens with two attached hydrogens (primary N) is 4. The van der Waals surface area contributed by atoms with E-state index in [1.807, 2.05) is 0 Å². The third-order valence-electron chi connectivity index (χ3n) is 1.18. The van der Waals surface area contributed by atoms with E-state index in [-0.39, 0.29) is 0 Å².